The molecule has 11 heavy (non-hydrogen) atoms. The summed E-state index contributed by atoms with van der Waals surface area (Å²) < 4.78 is 0. The lowest BCUT2D eigenvalue weighted by Gasteiger charge is -2.14. The van der Waals surface area contributed by atoms with Crippen molar-refractivity contribution in [1.82, 2.24) is 15.4 Å². The second-order valence-corrected chi connectivity index (χ2v) is 2.23. The van der Waals surface area contributed by atoms with Crippen molar-refractivity contribution in [2.24, 2.45) is 10.9 Å². The average Bonchev–Trinajstić information content (AvgIpc) is 2.55. The molecule has 2 heterocycles. The van der Waals surface area contributed by atoms with E-state index in [0.717, 1.165) is 0 Å². The molecule has 0 bridgehead atoms. The third-order valence-electron chi connectivity index (χ3n) is 1.41. The van der Waals surface area contributed by atoms with Crippen molar-refractivity contribution in [3.63, 3.8) is 0 Å². The van der Waals surface area contributed by atoms with E-state index >= 15 is 0 Å². The largest absolute Gasteiger partial charge is 0.345 e. The van der Waals surface area contributed by atoms with Crippen LogP contribution in [0.4, 0.5) is 0 Å². The maximum Gasteiger partial charge on any atom is 0.200 e. The molecule has 58 valence electrons. The SMILES string of the molecule is NC1(c2ncc[nH]2)C=NON1. The summed E-state index contributed by atoms with van der Waals surface area (Å²) in [5.41, 5.74) is 7.33. The molecule has 0 radical (unpaired) electrons. The summed E-state index contributed by atoms with van der Waals surface area (Å²) in [6.07, 6.45) is 4.72. The highest BCUT2D eigenvalue weighted by Gasteiger charge is 2.32. The Morgan fingerprint density at radius 3 is 3.09 bits per heavy atom. The molecule has 6 heteroatoms. The Labute approximate surface area is 62.4 Å². The molecule has 0 spiro atoms. The first kappa shape index (κ1) is 6.32. The first-order valence-corrected chi connectivity index (χ1v) is 3.08. The Kier molecular flexibility index (Phi) is 1.17. The summed E-state index contributed by atoms with van der Waals surface area (Å²) in [4.78, 5) is 11.3. The van der Waals surface area contributed by atoms with Gasteiger partial charge in [-0.25, -0.2) is 4.98 Å². The van der Waals surface area contributed by atoms with Gasteiger partial charge in [0.15, 0.2) is 0 Å². The van der Waals surface area contributed by atoms with Gasteiger partial charge in [0.1, 0.15) is 5.82 Å². The van der Waals surface area contributed by atoms with E-state index in [4.69, 9.17) is 5.73 Å². The van der Waals surface area contributed by atoms with Crippen LogP contribution in [0, 0.1) is 0 Å². The van der Waals surface area contributed by atoms with Crippen molar-refractivity contribution >= 4 is 6.21 Å². The van der Waals surface area contributed by atoms with Crippen LogP contribution >= 0.6 is 0 Å². The minimum absolute atomic E-state index is 0.568. The number of rotatable bonds is 1. The molecule has 0 amide bonds. The Hall–Kier alpha value is -1.40. The maximum absolute atomic E-state index is 5.75. The number of hydroxylamine groups is 1. The molecule has 1 aliphatic heterocycles. The van der Waals surface area contributed by atoms with Gasteiger partial charge in [0.25, 0.3) is 0 Å². The molecule has 4 N–H and O–H groups in total. The van der Waals surface area contributed by atoms with E-state index in [1.54, 1.807) is 12.4 Å². The molecular weight excluding hydrogens is 146 g/mol. The first-order valence-electron chi connectivity index (χ1n) is 3.08. The Balaban J connectivity index is 2.35. The Morgan fingerprint density at radius 2 is 2.55 bits per heavy atom. The molecule has 0 saturated heterocycles. The highest BCUT2D eigenvalue weighted by Crippen LogP contribution is 2.10. The lowest BCUT2D eigenvalue weighted by Crippen LogP contribution is -2.48. The van der Waals surface area contributed by atoms with E-state index in [2.05, 4.69) is 25.5 Å². The second-order valence-electron chi connectivity index (χ2n) is 2.23. The van der Waals surface area contributed by atoms with Gasteiger partial charge in [-0.1, -0.05) is 10.6 Å². The van der Waals surface area contributed by atoms with Gasteiger partial charge in [-0.05, 0) is 0 Å². The summed E-state index contributed by atoms with van der Waals surface area (Å²) >= 11 is 0. The fraction of sp³-hybridized carbons (Fsp3) is 0.200. The number of oxime groups is 1. The Morgan fingerprint density at radius 1 is 1.64 bits per heavy atom. The zero-order valence-electron chi connectivity index (χ0n) is 5.61. The van der Waals surface area contributed by atoms with Crippen molar-refractivity contribution in [2.45, 2.75) is 5.66 Å². The van der Waals surface area contributed by atoms with E-state index in [-0.39, 0.29) is 0 Å². The van der Waals surface area contributed by atoms with Gasteiger partial charge in [-0.2, -0.15) is 0 Å². The fourth-order valence-electron chi connectivity index (χ4n) is 0.839. The van der Waals surface area contributed by atoms with E-state index in [1.165, 1.54) is 6.21 Å². The molecule has 1 atom stereocenters. The number of nitrogens with zero attached hydrogens (tertiary/aromatic N) is 2. The predicted molar refractivity (Wildman–Crippen MR) is 37.2 cm³/mol. The normalized spacial score (nSPS) is 28.8. The molecule has 2 rings (SSSR count). The third kappa shape index (κ3) is 0.883. The van der Waals surface area contributed by atoms with Crippen LogP contribution in [0.25, 0.3) is 0 Å². The van der Waals surface area contributed by atoms with Crippen LogP contribution in [0.5, 0.6) is 0 Å². The minimum Gasteiger partial charge on any atom is -0.345 e. The van der Waals surface area contributed by atoms with Gasteiger partial charge in [0.05, 0.1) is 6.21 Å². The monoisotopic (exact) mass is 153 g/mol. The highest BCUT2D eigenvalue weighted by molar-refractivity contribution is 5.70. The van der Waals surface area contributed by atoms with Crippen molar-refractivity contribution in [1.29, 1.82) is 0 Å². The highest BCUT2D eigenvalue weighted by atomic mass is 16.8. The summed E-state index contributed by atoms with van der Waals surface area (Å²) in [7, 11) is 0. The van der Waals surface area contributed by atoms with E-state index in [1.807, 2.05) is 0 Å². The number of hydrogen-bond donors (Lipinski definition) is 3. The number of aromatic amines is 1. The molecule has 1 aromatic heterocycles. The lowest BCUT2D eigenvalue weighted by atomic mass is 10.2. The van der Waals surface area contributed by atoms with Crippen molar-refractivity contribution in [2.75, 3.05) is 0 Å². The molecule has 6 nitrogen and oxygen atoms in total. The fourth-order valence-corrected chi connectivity index (χ4v) is 0.839. The maximum atomic E-state index is 5.75. The van der Waals surface area contributed by atoms with Crippen LogP contribution in [-0.2, 0) is 10.6 Å². The van der Waals surface area contributed by atoms with Crippen molar-refractivity contribution in [3.8, 4) is 0 Å². The van der Waals surface area contributed by atoms with Gasteiger partial charge in [0, 0.05) is 12.4 Å². The zero-order valence-corrected chi connectivity index (χ0v) is 5.61. The third-order valence-corrected chi connectivity index (χ3v) is 1.41. The summed E-state index contributed by atoms with van der Waals surface area (Å²) in [6.45, 7) is 0. The van der Waals surface area contributed by atoms with Gasteiger partial charge < -0.3 is 4.98 Å². The van der Waals surface area contributed by atoms with Crippen LogP contribution in [0.1, 0.15) is 5.82 Å². The molecule has 0 fully saturated rings. The summed E-state index contributed by atoms with van der Waals surface area (Å²) in [5, 5.41) is 3.47. The van der Waals surface area contributed by atoms with Crippen molar-refractivity contribution < 1.29 is 4.94 Å². The smallest absolute Gasteiger partial charge is 0.200 e. The molecule has 1 aliphatic rings. The molecule has 1 aromatic rings. The molecule has 0 saturated carbocycles. The van der Waals surface area contributed by atoms with Crippen LogP contribution in [0.2, 0.25) is 0 Å². The first-order chi connectivity index (χ1) is 5.31. The van der Waals surface area contributed by atoms with Gasteiger partial charge >= 0.3 is 0 Å². The van der Waals surface area contributed by atoms with Crippen LogP contribution in [-0.4, -0.2) is 16.2 Å². The number of hydrogen-bond acceptors (Lipinski definition) is 5. The molecule has 1 unspecified atom stereocenters. The number of imidazole rings is 1. The lowest BCUT2D eigenvalue weighted by molar-refractivity contribution is 0.0303. The van der Waals surface area contributed by atoms with Crippen LogP contribution in [0.3, 0.4) is 0 Å². The number of nitrogens with one attached hydrogen (secondary N) is 2. The number of aromatic nitrogens is 2. The minimum atomic E-state index is -0.913. The molecule has 0 aliphatic carbocycles. The second kappa shape index (κ2) is 2.04. The van der Waals surface area contributed by atoms with Crippen LogP contribution in [0.15, 0.2) is 17.5 Å². The van der Waals surface area contributed by atoms with Crippen LogP contribution < -0.4 is 11.2 Å². The average molecular weight is 153 g/mol. The number of nitrogens with two attached hydrogens (primary N) is 1. The molecular formula is C5H7N5O. The van der Waals surface area contributed by atoms with Gasteiger partial charge in [0.2, 0.25) is 5.66 Å². The van der Waals surface area contributed by atoms with Gasteiger partial charge in [-0.15, -0.1) is 0 Å². The van der Waals surface area contributed by atoms with Gasteiger partial charge in [-0.3, -0.25) is 10.7 Å². The van der Waals surface area contributed by atoms with E-state index in [9.17, 15) is 0 Å². The standard InChI is InChI=1S/C5H7N5O/c6-5(3-9-11-10-5)4-7-1-2-8-4/h1-3,10H,6H2,(H,7,8). The Bertz CT molecular complexity index is 268. The quantitative estimate of drug-likeness (QED) is 0.485. The topological polar surface area (TPSA) is 88.3 Å². The summed E-state index contributed by atoms with van der Waals surface area (Å²) in [6, 6.07) is 0. The summed E-state index contributed by atoms with van der Waals surface area (Å²) in [5.74, 6) is 0.568. The zero-order chi connectivity index (χ0) is 7.73. The van der Waals surface area contributed by atoms with E-state index < -0.39 is 5.66 Å². The molecule has 0 aromatic carbocycles. The number of H-pyrrole nitrogens is 1. The van der Waals surface area contributed by atoms with E-state index in [0.29, 0.717) is 5.82 Å². The van der Waals surface area contributed by atoms with Crippen molar-refractivity contribution in [3.05, 3.63) is 18.2 Å². The predicted octanol–water partition coefficient (Wildman–Crippen LogP) is -0.958.